The van der Waals surface area contributed by atoms with Crippen LogP contribution in [0.5, 0.6) is 5.88 Å². The second-order valence-electron chi connectivity index (χ2n) is 7.61. The molecule has 136 valence electrons. The largest absolute Gasteiger partial charge is 0.473 e. The minimum atomic E-state index is -0.141. The first kappa shape index (κ1) is 16.8. The third kappa shape index (κ3) is 3.78. The molecule has 1 saturated carbocycles. The Bertz CT molecular complexity index is 581. The second-order valence-corrected chi connectivity index (χ2v) is 7.61. The van der Waals surface area contributed by atoms with E-state index in [2.05, 4.69) is 14.9 Å². The molecule has 6 heteroatoms. The minimum absolute atomic E-state index is 0.113. The quantitative estimate of drug-likeness (QED) is 0.842. The first-order valence-corrected chi connectivity index (χ1v) is 9.60. The zero-order valence-electron chi connectivity index (χ0n) is 14.7. The molecule has 0 bridgehead atoms. The van der Waals surface area contributed by atoms with E-state index in [1.54, 1.807) is 18.6 Å². The van der Waals surface area contributed by atoms with Gasteiger partial charge in [0.2, 0.25) is 11.8 Å². The van der Waals surface area contributed by atoms with Crippen LogP contribution in [0.4, 0.5) is 0 Å². The van der Waals surface area contributed by atoms with E-state index in [-0.39, 0.29) is 17.6 Å². The summed E-state index contributed by atoms with van der Waals surface area (Å²) in [7, 11) is 0. The van der Waals surface area contributed by atoms with Crippen LogP contribution in [0.2, 0.25) is 0 Å². The molecule has 1 spiro atoms. The van der Waals surface area contributed by atoms with Crippen molar-refractivity contribution in [3.05, 3.63) is 18.6 Å². The molecule has 0 aromatic carbocycles. The number of rotatable bonds is 3. The molecule has 2 saturated heterocycles. The molecule has 0 radical (unpaired) electrons. The Morgan fingerprint density at radius 3 is 2.72 bits per heavy atom. The van der Waals surface area contributed by atoms with Crippen molar-refractivity contribution in [3.8, 4) is 5.88 Å². The fraction of sp³-hybridized carbons (Fsp3) is 0.737. The predicted octanol–water partition coefficient (Wildman–Crippen LogP) is 2.59. The van der Waals surface area contributed by atoms with Gasteiger partial charge in [0.25, 0.3) is 0 Å². The van der Waals surface area contributed by atoms with E-state index in [0.717, 1.165) is 51.6 Å². The number of likely N-dealkylation sites (tertiary alicyclic amines) is 1. The van der Waals surface area contributed by atoms with Crippen molar-refractivity contribution in [3.63, 3.8) is 0 Å². The van der Waals surface area contributed by atoms with Crippen LogP contribution >= 0.6 is 0 Å². The Labute approximate surface area is 148 Å². The van der Waals surface area contributed by atoms with Crippen molar-refractivity contribution >= 4 is 5.91 Å². The summed E-state index contributed by atoms with van der Waals surface area (Å²) in [6, 6.07) is 0. The van der Waals surface area contributed by atoms with E-state index in [0.29, 0.717) is 18.4 Å². The van der Waals surface area contributed by atoms with Crippen LogP contribution in [0.3, 0.4) is 0 Å². The lowest BCUT2D eigenvalue weighted by atomic mass is 9.83. The van der Waals surface area contributed by atoms with Gasteiger partial charge in [0, 0.05) is 44.2 Å². The molecule has 25 heavy (non-hydrogen) atoms. The van der Waals surface area contributed by atoms with Gasteiger partial charge in [-0.1, -0.05) is 12.8 Å². The molecular formula is C19H27N3O3. The van der Waals surface area contributed by atoms with Gasteiger partial charge in [-0.2, -0.15) is 0 Å². The highest BCUT2D eigenvalue weighted by Gasteiger charge is 2.42. The summed E-state index contributed by atoms with van der Waals surface area (Å²) in [5, 5.41) is 0. The highest BCUT2D eigenvalue weighted by Crippen LogP contribution is 2.37. The SMILES string of the molecule is O=C(C1CCCC1)N1CCC2(CC1)CC(Oc1cnccn1)CCO2. The van der Waals surface area contributed by atoms with Crippen LogP contribution in [-0.4, -0.2) is 52.2 Å². The Balaban J connectivity index is 1.33. The first-order chi connectivity index (χ1) is 12.2. The molecule has 3 fully saturated rings. The van der Waals surface area contributed by atoms with Crippen LogP contribution in [0.15, 0.2) is 18.6 Å². The Morgan fingerprint density at radius 2 is 2.00 bits per heavy atom. The second kappa shape index (κ2) is 7.28. The molecular weight excluding hydrogens is 318 g/mol. The van der Waals surface area contributed by atoms with E-state index in [1.807, 2.05) is 0 Å². The first-order valence-electron chi connectivity index (χ1n) is 9.60. The number of carbonyl (C=O) groups excluding carboxylic acids is 1. The molecule has 1 amide bonds. The highest BCUT2D eigenvalue weighted by molar-refractivity contribution is 5.79. The van der Waals surface area contributed by atoms with Crippen LogP contribution < -0.4 is 4.74 Å². The average Bonchev–Trinajstić information content (AvgIpc) is 3.18. The Morgan fingerprint density at radius 1 is 1.20 bits per heavy atom. The summed E-state index contributed by atoms with van der Waals surface area (Å²) in [5.74, 6) is 1.22. The molecule has 1 atom stereocenters. The van der Waals surface area contributed by atoms with E-state index in [9.17, 15) is 4.79 Å². The van der Waals surface area contributed by atoms with Gasteiger partial charge in [0.1, 0.15) is 6.10 Å². The molecule has 4 rings (SSSR count). The normalized spacial score (nSPS) is 26.7. The Kier molecular flexibility index (Phi) is 4.88. The predicted molar refractivity (Wildman–Crippen MR) is 92.1 cm³/mol. The van der Waals surface area contributed by atoms with Crippen molar-refractivity contribution in [1.82, 2.24) is 14.9 Å². The zero-order valence-corrected chi connectivity index (χ0v) is 14.7. The Hall–Kier alpha value is -1.69. The number of nitrogens with zero attached hydrogens (tertiary/aromatic N) is 3. The number of ether oxygens (including phenoxy) is 2. The molecule has 2 aliphatic heterocycles. The number of hydrogen-bond acceptors (Lipinski definition) is 5. The van der Waals surface area contributed by atoms with Gasteiger partial charge in [-0.3, -0.25) is 9.78 Å². The van der Waals surface area contributed by atoms with Crippen LogP contribution in [0.1, 0.15) is 51.4 Å². The summed E-state index contributed by atoms with van der Waals surface area (Å²) >= 11 is 0. The number of amides is 1. The minimum Gasteiger partial charge on any atom is -0.473 e. The summed E-state index contributed by atoms with van der Waals surface area (Å²) in [6.07, 6.45) is 13.2. The molecule has 6 nitrogen and oxygen atoms in total. The van der Waals surface area contributed by atoms with Gasteiger partial charge in [-0.05, 0) is 25.7 Å². The number of aromatic nitrogens is 2. The summed E-state index contributed by atoms with van der Waals surface area (Å²) in [5.41, 5.74) is -0.141. The van der Waals surface area contributed by atoms with Crippen LogP contribution in [-0.2, 0) is 9.53 Å². The van der Waals surface area contributed by atoms with Gasteiger partial charge >= 0.3 is 0 Å². The van der Waals surface area contributed by atoms with Crippen LogP contribution in [0, 0.1) is 5.92 Å². The third-order valence-electron chi connectivity index (χ3n) is 5.97. The van der Waals surface area contributed by atoms with E-state index >= 15 is 0 Å². The van der Waals surface area contributed by atoms with Crippen molar-refractivity contribution in [2.45, 2.75) is 63.1 Å². The van der Waals surface area contributed by atoms with Crippen LogP contribution in [0.25, 0.3) is 0 Å². The maximum atomic E-state index is 12.6. The molecule has 3 aliphatic rings. The number of hydrogen-bond donors (Lipinski definition) is 0. The standard InChI is InChI=1S/C19H27N3O3/c23-18(15-3-1-2-4-15)22-10-6-19(7-11-22)13-16(5-12-24-19)25-17-14-20-8-9-21-17/h8-9,14-16H,1-7,10-13H2. The lowest BCUT2D eigenvalue weighted by Gasteiger charge is -2.46. The maximum absolute atomic E-state index is 12.6. The summed E-state index contributed by atoms with van der Waals surface area (Å²) in [4.78, 5) is 23.0. The lowest BCUT2D eigenvalue weighted by Crippen LogP contribution is -2.53. The zero-order chi connectivity index (χ0) is 17.1. The van der Waals surface area contributed by atoms with E-state index < -0.39 is 0 Å². The molecule has 1 unspecified atom stereocenters. The fourth-order valence-corrected chi connectivity index (χ4v) is 4.51. The number of carbonyl (C=O) groups is 1. The topological polar surface area (TPSA) is 64.6 Å². The van der Waals surface area contributed by atoms with E-state index in [1.165, 1.54) is 12.8 Å². The molecule has 3 heterocycles. The van der Waals surface area contributed by atoms with Gasteiger partial charge in [0.05, 0.1) is 18.4 Å². The summed E-state index contributed by atoms with van der Waals surface area (Å²) < 4.78 is 12.2. The summed E-state index contributed by atoms with van der Waals surface area (Å²) in [6.45, 7) is 2.34. The monoisotopic (exact) mass is 345 g/mol. The lowest BCUT2D eigenvalue weighted by molar-refractivity contribution is -0.154. The van der Waals surface area contributed by atoms with E-state index in [4.69, 9.17) is 9.47 Å². The third-order valence-corrected chi connectivity index (χ3v) is 5.97. The van der Waals surface area contributed by atoms with Gasteiger partial charge in [-0.25, -0.2) is 4.98 Å². The highest BCUT2D eigenvalue weighted by atomic mass is 16.5. The average molecular weight is 345 g/mol. The van der Waals surface area contributed by atoms with Crippen molar-refractivity contribution in [1.29, 1.82) is 0 Å². The van der Waals surface area contributed by atoms with Gasteiger partial charge in [-0.15, -0.1) is 0 Å². The van der Waals surface area contributed by atoms with Crippen molar-refractivity contribution in [2.75, 3.05) is 19.7 Å². The maximum Gasteiger partial charge on any atom is 0.232 e. The van der Waals surface area contributed by atoms with Crippen molar-refractivity contribution < 1.29 is 14.3 Å². The van der Waals surface area contributed by atoms with Crippen molar-refractivity contribution in [2.24, 2.45) is 5.92 Å². The number of piperidine rings is 1. The smallest absolute Gasteiger partial charge is 0.232 e. The molecule has 1 aromatic heterocycles. The van der Waals surface area contributed by atoms with Gasteiger partial charge < -0.3 is 14.4 Å². The van der Waals surface area contributed by atoms with Gasteiger partial charge in [0.15, 0.2) is 0 Å². The fourth-order valence-electron chi connectivity index (χ4n) is 4.51. The molecule has 1 aromatic rings. The molecule has 1 aliphatic carbocycles. The molecule has 0 N–H and O–H groups in total.